The van der Waals surface area contributed by atoms with Gasteiger partial charge in [0.2, 0.25) is 5.91 Å². The molecule has 198 valence electrons. The van der Waals surface area contributed by atoms with E-state index in [9.17, 15) is 9.59 Å². The van der Waals surface area contributed by atoms with Gasteiger partial charge in [-0.15, -0.1) is 0 Å². The largest absolute Gasteiger partial charge is 0.384 e. The second-order valence-electron chi connectivity index (χ2n) is 9.98. The van der Waals surface area contributed by atoms with Gasteiger partial charge in [0.05, 0.1) is 11.6 Å². The van der Waals surface area contributed by atoms with E-state index < -0.39 is 6.04 Å². The van der Waals surface area contributed by atoms with Gasteiger partial charge < -0.3 is 20.9 Å². The minimum Gasteiger partial charge on any atom is -0.384 e. The Kier molecular flexibility index (Phi) is 8.44. The number of likely N-dealkylation sites (tertiary alicyclic amines) is 1. The zero-order valence-corrected chi connectivity index (χ0v) is 22.2. The number of amides is 3. The second-order valence-corrected chi connectivity index (χ2v) is 10.4. The summed E-state index contributed by atoms with van der Waals surface area (Å²) in [6.45, 7) is 1.17. The molecular weight excluding hydrogens is 498 g/mol. The molecule has 38 heavy (non-hydrogen) atoms. The summed E-state index contributed by atoms with van der Waals surface area (Å²) in [4.78, 5) is 32.1. The number of β-lactam (4-membered cyclic amide) rings is 1. The Morgan fingerprint density at radius 2 is 1.87 bits per heavy atom. The van der Waals surface area contributed by atoms with E-state index in [0.717, 1.165) is 54.3 Å². The number of urea groups is 1. The number of carbonyl (C=O) groups is 2. The van der Waals surface area contributed by atoms with Crippen molar-refractivity contribution in [2.24, 2.45) is 0 Å². The van der Waals surface area contributed by atoms with Crippen molar-refractivity contribution in [2.75, 3.05) is 18.4 Å². The summed E-state index contributed by atoms with van der Waals surface area (Å²) in [5, 5.41) is 10.9. The lowest BCUT2D eigenvalue weighted by molar-refractivity contribution is -0.152. The molecule has 3 aromatic rings. The third kappa shape index (κ3) is 6.10. The molecule has 3 amide bonds. The fraction of sp³-hybridized carbons (Fsp3) is 0.367. The van der Waals surface area contributed by atoms with E-state index in [2.05, 4.69) is 27.0 Å². The van der Waals surface area contributed by atoms with Gasteiger partial charge in [0.25, 0.3) is 0 Å². The van der Waals surface area contributed by atoms with E-state index in [1.165, 1.54) is 6.42 Å². The highest BCUT2D eigenvalue weighted by molar-refractivity contribution is 6.31. The number of nitrogens with zero attached hydrogens (tertiary/aromatic N) is 2. The fourth-order valence-corrected chi connectivity index (χ4v) is 5.59. The van der Waals surface area contributed by atoms with Crippen LogP contribution in [-0.2, 0) is 4.79 Å². The molecule has 8 heteroatoms. The van der Waals surface area contributed by atoms with Crippen LogP contribution in [0.4, 0.5) is 10.5 Å². The average Bonchev–Trinajstić information content (AvgIpc) is 2.94. The van der Waals surface area contributed by atoms with Gasteiger partial charge in [-0.3, -0.25) is 9.78 Å². The number of pyridine rings is 1. The molecule has 1 aromatic heterocycles. The SMILES string of the molecule is O=C(NCCCNc1ccnc2cc(Cl)ccc12)N[C@H]1C(=O)N(C2CCCCC2)[C@H]1/C=C/c1ccccc1. The number of rotatable bonds is 9. The first-order valence-corrected chi connectivity index (χ1v) is 13.9. The molecule has 2 aromatic carbocycles. The summed E-state index contributed by atoms with van der Waals surface area (Å²) in [6.07, 6.45) is 12.2. The van der Waals surface area contributed by atoms with Crippen molar-refractivity contribution in [1.29, 1.82) is 0 Å². The number of aromatic nitrogens is 1. The zero-order valence-electron chi connectivity index (χ0n) is 21.4. The van der Waals surface area contributed by atoms with Crippen molar-refractivity contribution in [3.8, 4) is 0 Å². The summed E-state index contributed by atoms with van der Waals surface area (Å²) in [7, 11) is 0. The predicted molar refractivity (Wildman–Crippen MR) is 153 cm³/mol. The number of benzene rings is 2. The van der Waals surface area contributed by atoms with Crippen molar-refractivity contribution < 1.29 is 9.59 Å². The van der Waals surface area contributed by atoms with Crippen LogP contribution in [0.2, 0.25) is 5.02 Å². The molecule has 3 N–H and O–H groups in total. The van der Waals surface area contributed by atoms with Crippen LogP contribution >= 0.6 is 11.6 Å². The molecular formula is C30H34ClN5O2. The van der Waals surface area contributed by atoms with Crippen LogP contribution in [0.25, 0.3) is 17.0 Å². The fourth-order valence-electron chi connectivity index (χ4n) is 5.42. The molecule has 1 saturated carbocycles. The van der Waals surface area contributed by atoms with Gasteiger partial charge in [0.15, 0.2) is 0 Å². The maximum atomic E-state index is 13.1. The summed E-state index contributed by atoms with van der Waals surface area (Å²) in [5.41, 5.74) is 2.89. The molecule has 2 heterocycles. The van der Waals surface area contributed by atoms with Crippen molar-refractivity contribution in [3.63, 3.8) is 0 Å². The van der Waals surface area contributed by atoms with Gasteiger partial charge in [-0.2, -0.15) is 0 Å². The number of nitrogens with one attached hydrogen (secondary N) is 3. The van der Waals surface area contributed by atoms with Gasteiger partial charge in [-0.25, -0.2) is 4.79 Å². The second kappa shape index (κ2) is 12.3. The van der Waals surface area contributed by atoms with Crippen molar-refractivity contribution in [1.82, 2.24) is 20.5 Å². The minimum absolute atomic E-state index is 0.0149. The highest BCUT2D eigenvalue weighted by atomic mass is 35.5. The maximum Gasteiger partial charge on any atom is 0.315 e. The average molecular weight is 532 g/mol. The molecule has 0 unspecified atom stereocenters. The normalized spacial score (nSPS) is 19.9. The molecule has 0 radical (unpaired) electrons. The number of anilines is 1. The molecule has 0 bridgehead atoms. The smallest absolute Gasteiger partial charge is 0.315 e. The Morgan fingerprint density at radius 1 is 1.05 bits per heavy atom. The standard InChI is InChI=1S/C30H34ClN5O2/c31-22-13-14-24-25(16-19-33-26(24)20-22)32-17-7-18-34-30(38)35-28-27(15-12-21-8-3-1-4-9-21)36(29(28)37)23-10-5-2-6-11-23/h1,3-4,8-9,12-16,19-20,23,27-28H,2,5-7,10-11,17-18H2,(H,32,33)(H2,34,35,38)/b15-12+/t27-,28+/m0/s1. The maximum absolute atomic E-state index is 13.1. The van der Waals surface area contributed by atoms with Crippen LogP contribution < -0.4 is 16.0 Å². The van der Waals surface area contributed by atoms with E-state index >= 15 is 0 Å². The Bertz CT molecular complexity index is 1290. The molecule has 0 spiro atoms. The molecule has 5 rings (SSSR count). The van der Waals surface area contributed by atoms with Gasteiger partial charge in [-0.05, 0) is 49.1 Å². The van der Waals surface area contributed by atoms with Crippen LogP contribution in [0.1, 0.15) is 44.1 Å². The molecule has 2 atom stereocenters. The number of carbonyl (C=O) groups excluding carboxylic acids is 2. The molecule has 7 nitrogen and oxygen atoms in total. The Morgan fingerprint density at radius 3 is 2.68 bits per heavy atom. The molecule has 2 aliphatic rings. The van der Waals surface area contributed by atoms with E-state index in [4.69, 9.17) is 11.6 Å². The van der Waals surface area contributed by atoms with E-state index in [1.807, 2.05) is 65.6 Å². The predicted octanol–water partition coefficient (Wildman–Crippen LogP) is 5.61. The van der Waals surface area contributed by atoms with Gasteiger partial charge in [0, 0.05) is 41.4 Å². The molecule has 2 fully saturated rings. The summed E-state index contributed by atoms with van der Waals surface area (Å²) < 4.78 is 0. The number of hydrogen-bond donors (Lipinski definition) is 3. The first-order valence-electron chi connectivity index (χ1n) is 13.5. The van der Waals surface area contributed by atoms with Crippen LogP contribution in [0, 0.1) is 0 Å². The van der Waals surface area contributed by atoms with Crippen LogP contribution in [0.15, 0.2) is 66.9 Å². The molecule has 1 aliphatic carbocycles. The Balaban J connectivity index is 1.13. The zero-order chi connectivity index (χ0) is 26.3. The van der Waals surface area contributed by atoms with Gasteiger partial charge in [0.1, 0.15) is 6.04 Å². The summed E-state index contributed by atoms with van der Waals surface area (Å²) in [5.74, 6) is 0.0149. The van der Waals surface area contributed by atoms with Crippen LogP contribution in [0.3, 0.4) is 0 Å². The summed E-state index contributed by atoms with van der Waals surface area (Å²) >= 11 is 6.07. The van der Waals surface area contributed by atoms with Gasteiger partial charge >= 0.3 is 6.03 Å². The Labute approximate surface area is 228 Å². The minimum atomic E-state index is -0.537. The van der Waals surface area contributed by atoms with Crippen LogP contribution in [0.5, 0.6) is 0 Å². The third-order valence-electron chi connectivity index (χ3n) is 7.38. The topological polar surface area (TPSA) is 86.4 Å². The number of hydrogen-bond acceptors (Lipinski definition) is 4. The van der Waals surface area contributed by atoms with E-state index in [0.29, 0.717) is 18.1 Å². The summed E-state index contributed by atoms with van der Waals surface area (Å²) in [6, 6.07) is 16.9. The van der Waals surface area contributed by atoms with E-state index in [-0.39, 0.29) is 24.0 Å². The molecule has 1 saturated heterocycles. The highest BCUT2D eigenvalue weighted by Crippen LogP contribution is 2.32. The number of fused-ring (bicyclic) bond motifs is 1. The lowest BCUT2D eigenvalue weighted by atomic mass is 9.85. The first-order chi connectivity index (χ1) is 18.6. The van der Waals surface area contributed by atoms with Crippen molar-refractivity contribution in [3.05, 3.63) is 77.5 Å². The quantitative estimate of drug-likeness (QED) is 0.247. The Hall–Kier alpha value is -3.58. The highest BCUT2D eigenvalue weighted by Gasteiger charge is 2.49. The third-order valence-corrected chi connectivity index (χ3v) is 7.62. The van der Waals surface area contributed by atoms with E-state index in [1.54, 1.807) is 6.20 Å². The van der Waals surface area contributed by atoms with Crippen LogP contribution in [-0.4, -0.2) is 53.0 Å². The molecule has 1 aliphatic heterocycles. The lowest BCUT2D eigenvalue weighted by Gasteiger charge is -2.51. The monoisotopic (exact) mass is 531 g/mol. The lowest BCUT2D eigenvalue weighted by Crippen LogP contribution is -2.73. The number of halogens is 1. The first kappa shape index (κ1) is 26.0. The van der Waals surface area contributed by atoms with Gasteiger partial charge in [-0.1, -0.05) is 73.3 Å². The van der Waals surface area contributed by atoms with Crippen molar-refractivity contribution >= 4 is 46.2 Å². The van der Waals surface area contributed by atoms with Crippen molar-refractivity contribution in [2.45, 2.75) is 56.7 Å².